The Morgan fingerprint density at radius 2 is 1.79 bits per heavy atom. The molecule has 6 nitrogen and oxygen atoms in total. The van der Waals surface area contributed by atoms with Gasteiger partial charge in [0.25, 0.3) is 0 Å². The van der Waals surface area contributed by atoms with Crippen molar-refractivity contribution in [1.29, 1.82) is 0 Å². The van der Waals surface area contributed by atoms with Gasteiger partial charge in [-0.25, -0.2) is 9.38 Å². The molecule has 1 unspecified atom stereocenters. The first-order valence-corrected chi connectivity index (χ1v) is 11.3. The van der Waals surface area contributed by atoms with Gasteiger partial charge in [0.1, 0.15) is 22.6 Å². The van der Waals surface area contributed by atoms with Crippen molar-refractivity contribution in [3.05, 3.63) is 84.7 Å². The number of para-hydroxylation sites is 1. The largest absolute Gasteiger partial charge is 0.457 e. The van der Waals surface area contributed by atoms with Crippen LogP contribution in [0.5, 0.6) is 11.5 Å². The molecule has 0 aliphatic carbocycles. The highest BCUT2D eigenvalue weighted by atomic mass is 32.2. The van der Waals surface area contributed by atoms with Gasteiger partial charge >= 0.3 is 0 Å². The van der Waals surface area contributed by atoms with Crippen molar-refractivity contribution in [3.63, 3.8) is 0 Å². The van der Waals surface area contributed by atoms with Gasteiger partial charge in [0.15, 0.2) is 5.17 Å². The van der Waals surface area contributed by atoms with Crippen molar-refractivity contribution in [2.24, 2.45) is 4.99 Å². The number of carbonyl (C=O) groups excluding carboxylic acids is 2. The summed E-state index contributed by atoms with van der Waals surface area (Å²) < 4.78 is 19.0. The molecule has 1 N–H and O–H groups in total. The molecule has 168 valence electrons. The average molecular weight is 464 g/mol. The van der Waals surface area contributed by atoms with Gasteiger partial charge in [0.05, 0.1) is 5.69 Å². The van der Waals surface area contributed by atoms with Crippen LogP contribution in [-0.2, 0) is 9.59 Å². The molecule has 2 amide bonds. The number of hydrogen-bond donors (Lipinski definition) is 1. The van der Waals surface area contributed by atoms with Crippen molar-refractivity contribution >= 4 is 40.1 Å². The van der Waals surface area contributed by atoms with Crippen LogP contribution in [-0.4, -0.2) is 33.7 Å². The highest BCUT2D eigenvalue weighted by Gasteiger charge is 2.38. The molecule has 1 aliphatic rings. The topological polar surface area (TPSA) is 71.0 Å². The van der Waals surface area contributed by atoms with Crippen molar-refractivity contribution in [1.82, 2.24) is 4.90 Å². The Kier molecular flexibility index (Phi) is 7.04. The van der Waals surface area contributed by atoms with Crippen LogP contribution in [0.2, 0.25) is 0 Å². The highest BCUT2D eigenvalue weighted by Crippen LogP contribution is 2.32. The summed E-state index contributed by atoms with van der Waals surface area (Å²) in [6.07, 6.45) is 0.00616. The van der Waals surface area contributed by atoms with Gasteiger partial charge in [-0.2, -0.15) is 0 Å². The summed E-state index contributed by atoms with van der Waals surface area (Å²) in [5.74, 6) is 0.489. The molecular weight excluding hydrogens is 441 g/mol. The van der Waals surface area contributed by atoms with E-state index in [-0.39, 0.29) is 24.1 Å². The van der Waals surface area contributed by atoms with E-state index >= 15 is 0 Å². The molecule has 33 heavy (non-hydrogen) atoms. The van der Waals surface area contributed by atoms with Gasteiger partial charge < -0.3 is 10.1 Å². The molecule has 0 bridgehead atoms. The standard InChI is InChI=1S/C25H22FN3O3S/c1-2-29-24(31)22(33-25(29)28-18-13-11-17(26)12-14-18)16-23(30)27-19-7-6-10-21(15-19)32-20-8-4-3-5-9-20/h3-15,22H,2,16H2,1H3,(H,27,30). The summed E-state index contributed by atoms with van der Waals surface area (Å²) in [5, 5.41) is 2.76. The van der Waals surface area contributed by atoms with E-state index in [2.05, 4.69) is 10.3 Å². The van der Waals surface area contributed by atoms with Crippen LogP contribution in [0.15, 0.2) is 83.9 Å². The second-order valence-corrected chi connectivity index (χ2v) is 8.42. The molecule has 0 saturated carbocycles. The molecule has 8 heteroatoms. The first kappa shape index (κ1) is 22.5. The summed E-state index contributed by atoms with van der Waals surface area (Å²) in [7, 11) is 0. The first-order valence-electron chi connectivity index (χ1n) is 10.5. The lowest BCUT2D eigenvalue weighted by atomic mass is 10.2. The fourth-order valence-electron chi connectivity index (χ4n) is 3.28. The second kappa shape index (κ2) is 10.3. The maximum absolute atomic E-state index is 13.2. The fraction of sp³-hybridized carbons (Fsp3) is 0.160. The van der Waals surface area contributed by atoms with E-state index < -0.39 is 5.25 Å². The molecule has 0 radical (unpaired) electrons. The molecule has 1 atom stereocenters. The Morgan fingerprint density at radius 3 is 2.52 bits per heavy atom. The zero-order chi connectivity index (χ0) is 23.2. The van der Waals surface area contributed by atoms with E-state index in [0.29, 0.717) is 34.6 Å². The number of amidine groups is 1. The van der Waals surface area contributed by atoms with Crippen molar-refractivity contribution in [2.75, 3.05) is 11.9 Å². The quantitative estimate of drug-likeness (QED) is 0.495. The molecule has 1 aliphatic heterocycles. The Hall–Kier alpha value is -3.65. The Labute approximate surface area is 195 Å². The second-order valence-electron chi connectivity index (χ2n) is 7.26. The first-order chi connectivity index (χ1) is 16.0. The summed E-state index contributed by atoms with van der Waals surface area (Å²) >= 11 is 1.24. The summed E-state index contributed by atoms with van der Waals surface area (Å²) in [6, 6.07) is 22.2. The summed E-state index contributed by atoms with van der Waals surface area (Å²) in [5.41, 5.74) is 1.13. The molecule has 1 heterocycles. The number of hydrogen-bond acceptors (Lipinski definition) is 5. The minimum absolute atomic E-state index is 0.00616. The van der Waals surface area contributed by atoms with Gasteiger partial charge in [-0.05, 0) is 55.5 Å². The molecule has 1 saturated heterocycles. The van der Waals surface area contributed by atoms with E-state index in [9.17, 15) is 14.0 Å². The monoisotopic (exact) mass is 463 g/mol. The number of anilines is 1. The van der Waals surface area contributed by atoms with Crippen molar-refractivity contribution in [2.45, 2.75) is 18.6 Å². The fourth-order valence-corrected chi connectivity index (χ4v) is 4.51. The lowest BCUT2D eigenvalue weighted by molar-refractivity contribution is -0.128. The van der Waals surface area contributed by atoms with E-state index in [1.807, 2.05) is 37.3 Å². The molecule has 3 aromatic carbocycles. The normalized spacial score (nSPS) is 16.8. The Bertz CT molecular complexity index is 1170. The van der Waals surface area contributed by atoms with Crippen LogP contribution in [0.4, 0.5) is 15.8 Å². The van der Waals surface area contributed by atoms with Gasteiger partial charge in [0, 0.05) is 24.7 Å². The number of benzene rings is 3. The SMILES string of the molecule is CCN1C(=O)C(CC(=O)Nc2cccc(Oc3ccccc3)c2)SC1=Nc1ccc(F)cc1. The van der Waals surface area contributed by atoms with Crippen LogP contribution < -0.4 is 10.1 Å². The molecule has 0 aromatic heterocycles. The van der Waals surface area contributed by atoms with Crippen LogP contribution in [0.3, 0.4) is 0 Å². The number of nitrogens with zero attached hydrogens (tertiary/aromatic N) is 2. The summed E-state index contributed by atoms with van der Waals surface area (Å²) in [4.78, 5) is 31.5. The predicted molar refractivity (Wildman–Crippen MR) is 128 cm³/mol. The van der Waals surface area contributed by atoms with E-state index in [1.165, 1.54) is 23.9 Å². The number of halogens is 1. The Balaban J connectivity index is 1.40. The van der Waals surface area contributed by atoms with Gasteiger partial charge in [-0.3, -0.25) is 14.5 Å². The Morgan fingerprint density at radius 1 is 1.06 bits per heavy atom. The molecular formula is C25H22FN3O3S. The third kappa shape index (κ3) is 5.78. The number of ether oxygens (including phenoxy) is 1. The van der Waals surface area contributed by atoms with Gasteiger partial charge in [-0.1, -0.05) is 36.0 Å². The van der Waals surface area contributed by atoms with Gasteiger partial charge in [0.2, 0.25) is 11.8 Å². The van der Waals surface area contributed by atoms with E-state index in [4.69, 9.17) is 4.74 Å². The van der Waals surface area contributed by atoms with Crippen LogP contribution in [0.1, 0.15) is 13.3 Å². The maximum Gasteiger partial charge on any atom is 0.242 e. The zero-order valence-electron chi connectivity index (χ0n) is 17.9. The summed E-state index contributed by atoms with van der Waals surface area (Å²) in [6.45, 7) is 2.28. The third-order valence-electron chi connectivity index (χ3n) is 4.86. The molecule has 1 fully saturated rings. The average Bonchev–Trinajstić information content (AvgIpc) is 3.09. The third-order valence-corrected chi connectivity index (χ3v) is 6.03. The zero-order valence-corrected chi connectivity index (χ0v) is 18.7. The molecule has 4 rings (SSSR count). The molecule has 3 aromatic rings. The van der Waals surface area contributed by atoms with E-state index in [0.717, 1.165) is 0 Å². The predicted octanol–water partition coefficient (Wildman–Crippen LogP) is 5.60. The number of carbonyl (C=O) groups is 2. The van der Waals surface area contributed by atoms with Crippen LogP contribution in [0, 0.1) is 5.82 Å². The number of nitrogens with one attached hydrogen (secondary N) is 1. The smallest absolute Gasteiger partial charge is 0.242 e. The minimum Gasteiger partial charge on any atom is -0.457 e. The van der Waals surface area contributed by atoms with E-state index in [1.54, 1.807) is 41.3 Å². The number of rotatable bonds is 7. The lowest BCUT2D eigenvalue weighted by Gasteiger charge is -2.13. The number of thioether (sulfide) groups is 1. The molecule has 0 spiro atoms. The van der Waals surface area contributed by atoms with Crippen molar-refractivity contribution in [3.8, 4) is 11.5 Å². The number of amides is 2. The van der Waals surface area contributed by atoms with Crippen molar-refractivity contribution < 1.29 is 18.7 Å². The number of aliphatic imine (C=N–C) groups is 1. The maximum atomic E-state index is 13.2. The minimum atomic E-state index is -0.576. The van der Waals surface area contributed by atoms with Gasteiger partial charge in [-0.15, -0.1) is 0 Å². The highest BCUT2D eigenvalue weighted by molar-refractivity contribution is 8.15. The van der Waals surface area contributed by atoms with Crippen LogP contribution in [0.25, 0.3) is 0 Å². The van der Waals surface area contributed by atoms with Crippen LogP contribution >= 0.6 is 11.8 Å². The lowest BCUT2D eigenvalue weighted by Crippen LogP contribution is -2.33.